The molecule has 102 valence electrons. The molecule has 0 spiro atoms. The van der Waals surface area contributed by atoms with Crippen molar-refractivity contribution in [3.05, 3.63) is 23.9 Å². The summed E-state index contributed by atoms with van der Waals surface area (Å²) in [5, 5.41) is 3.20. The molecule has 0 saturated carbocycles. The van der Waals surface area contributed by atoms with Crippen molar-refractivity contribution in [3.8, 4) is 0 Å². The maximum absolute atomic E-state index is 4.38. The Bertz CT molecular complexity index is 321. The van der Waals surface area contributed by atoms with E-state index in [9.17, 15) is 0 Å². The van der Waals surface area contributed by atoms with Crippen LogP contribution in [0.3, 0.4) is 0 Å². The molecular weight excluding hydrogens is 224 g/mol. The quantitative estimate of drug-likeness (QED) is 0.763. The maximum Gasteiger partial charge on any atom is 0.125 e. The molecular formula is C14H26N4. The Morgan fingerprint density at radius 1 is 1.17 bits per heavy atom. The molecule has 4 nitrogen and oxygen atoms in total. The second-order valence-electron chi connectivity index (χ2n) is 4.98. The Labute approximate surface area is 111 Å². The fraction of sp³-hybridized carbons (Fsp3) is 0.643. The number of hydrogen-bond donors (Lipinski definition) is 1. The van der Waals surface area contributed by atoms with Crippen molar-refractivity contribution in [3.63, 3.8) is 0 Å². The molecule has 0 unspecified atom stereocenters. The topological polar surface area (TPSA) is 31.4 Å². The van der Waals surface area contributed by atoms with Gasteiger partial charge in [0.1, 0.15) is 5.82 Å². The number of pyridine rings is 1. The molecule has 0 atom stereocenters. The molecule has 0 aromatic carbocycles. The van der Waals surface area contributed by atoms with Crippen LogP contribution in [-0.2, 0) is 6.54 Å². The first-order chi connectivity index (χ1) is 8.61. The normalized spacial score (nSPS) is 11.2. The summed E-state index contributed by atoms with van der Waals surface area (Å²) in [4.78, 5) is 8.95. The van der Waals surface area contributed by atoms with E-state index < -0.39 is 0 Å². The summed E-state index contributed by atoms with van der Waals surface area (Å²) in [6, 6.07) is 4.19. The predicted octanol–water partition coefficient (Wildman–Crippen LogP) is 1.90. The van der Waals surface area contributed by atoms with Crippen molar-refractivity contribution < 1.29 is 0 Å². The van der Waals surface area contributed by atoms with Gasteiger partial charge in [0, 0.05) is 19.3 Å². The highest BCUT2D eigenvalue weighted by Crippen LogP contribution is 2.07. The van der Waals surface area contributed by atoms with E-state index in [0.717, 1.165) is 32.0 Å². The summed E-state index contributed by atoms with van der Waals surface area (Å²) in [6.07, 6.45) is 3.16. The molecule has 1 rings (SSSR count). The Morgan fingerprint density at radius 2 is 1.94 bits per heavy atom. The van der Waals surface area contributed by atoms with Crippen molar-refractivity contribution in [2.75, 3.05) is 46.1 Å². The van der Waals surface area contributed by atoms with Crippen LogP contribution in [0.4, 0.5) is 5.82 Å². The van der Waals surface area contributed by atoms with Crippen LogP contribution in [-0.4, -0.2) is 55.6 Å². The van der Waals surface area contributed by atoms with Gasteiger partial charge in [-0.05, 0) is 59.2 Å². The number of nitrogens with zero attached hydrogens (tertiary/aromatic N) is 3. The first-order valence-corrected chi connectivity index (χ1v) is 6.64. The fourth-order valence-electron chi connectivity index (χ4n) is 1.85. The molecule has 1 heterocycles. The lowest BCUT2D eigenvalue weighted by Crippen LogP contribution is -2.23. The molecule has 0 amide bonds. The molecule has 1 aromatic rings. The SMILES string of the molecule is CCNc1ccc(CN(C)CCCN(C)C)cn1. The number of anilines is 1. The van der Waals surface area contributed by atoms with Gasteiger partial charge in [-0.1, -0.05) is 6.07 Å². The highest BCUT2D eigenvalue weighted by atomic mass is 15.1. The van der Waals surface area contributed by atoms with Crippen molar-refractivity contribution in [2.24, 2.45) is 0 Å². The molecule has 0 fully saturated rings. The minimum Gasteiger partial charge on any atom is -0.370 e. The van der Waals surface area contributed by atoms with E-state index in [4.69, 9.17) is 0 Å². The number of rotatable bonds is 8. The monoisotopic (exact) mass is 250 g/mol. The summed E-state index contributed by atoms with van der Waals surface area (Å²) in [7, 11) is 6.39. The van der Waals surface area contributed by atoms with Gasteiger partial charge in [0.05, 0.1) is 0 Å². The summed E-state index contributed by atoms with van der Waals surface area (Å²) in [5.41, 5.74) is 1.27. The van der Waals surface area contributed by atoms with E-state index in [2.05, 4.69) is 54.2 Å². The highest BCUT2D eigenvalue weighted by molar-refractivity contribution is 5.35. The summed E-state index contributed by atoms with van der Waals surface area (Å²) < 4.78 is 0. The van der Waals surface area contributed by atoms with Crippen LogP contribution in [0.2, 0.25) is 0 Å². The van der Waals surface area contributed by atoms with Crippen molar-refractivity contribution in [1.29, 1.82) is 0 Å². The lowest BCUT2D eigenvalue weighted by Gasteiger charge is -2.18. The van der Waals surface area contributed by atoms with E-state index in [1.807, 2.05) is 12.3 Å². The van der Waals surface area contributed by atoms with Gasteiger partial charge in [-0.25, -0.2) is 4.98 Å². The zero-order chi connectivity index (χ0) is 13.4. The lowest BCUT2D eigenvalue weighted by molar-refractivity contribution is 0.294. The van der Waals surface area contributed by atoms with Gasteiger partial charge >= 0.3 is 0 Å². The summed E-state index contributed by atoms with van der Waals surface area (Å²) >= 11 is 0. The van der Waals surface area contributed by atoms with Crippen LogP contribution >= 0.6 is 0 Å². The van der Waals surface area contributed by atoms with E-state index in [1.165, 1.54) is 12.0 Å². The molecule has 4 heteroatoms. The zero-order valence-corrected chi connectivity index (χ0v) is 12.1. The van der Waals surface area contributed by atoms with Gasteiger partial charge in [0.25, 0.3) is 0 Å². The van der Waals surface area contributed by atoms with Crippen LogP contribution in [0.1, 0.15) is 18.9 Å². The molecule has 0 aliphatic carbocycles. The number of hydrogen-bond acceptors (Lipinski definition) is 4. The molecule has 0 saturated heterocycles. The van der Waals surface area contributed by atoms with Crippen LogP contribution in [0.5, 0.6) is 0 Å². The molecule has 0 radical (unpaired) electrons. The molecule has 0 aliphatic rings. The van der Waals surface area contributed by atoms with E-state index in [-0.39, 0.29) is 0 Å². The van der Waals surface area contributed by atoms with Gasteiger partial charge < -0.3 is 15.1 Å². The summed E-state index contributed by atoms with van der Waals surface area (Å²) in [5.74, 6) is 0.955. The van der Waals surface area contributed by atoms with Gasteiger partial charge in [0.2, 0.25) is 0 Å². The van der Waals surface area contributed by atoms with E-state index in [1.54, 1.807) is 0 Å². The Hall–Kier alpha value is -1.13. The minimum atomic E-state index is 0.913. The standard InChI is InChI=1S/C14H26N4/c1-5-15-14-8-7-13(11-16-14)12-18(4)10-6-9-17(2)3/h7-8,11H,5-6,9-10,12H2,1-4H3,(H,15,16). The van der Waals surface area contributed by atoms with Crippen molar-refractivity contribution in [2.45, 2.75) is 19.9 Å². The van der Waals surface area contributed by atoms with Gasteiger partial charge in [-0.3, -0.25) is 0 Å². The number of nitrogens with one attached hydrogen (secondary N) is 1. The second kappa shape index (κ2) is 8.06. The van der Waals surface area contributed by atoms with Gasteiger partial charge in [-0.15, -0.1) is 0 Å². The van der Waals surface area contributed by atoms with E-state index in [0.29, 0.717) is 0 Å². The molecule has 18 heavy (non-hydrogen) atoms. The third-order valence-corrected chi connectivity index (χ3v) is 2.78. The third kappa shape index (κ3) is 5.98. The predicted molar refractivity (Wildman–Crippen MR) is 77.9 cm³/mol. The minimum absolute atomic E-state index is 0.913. The molecule has 1 aromatic heterocycles. The average Bonchev–Trinajstić information content (AvgIpc) is 2.31. The van der Waals surface area contributed by atoms with Crippen molar-refractivity contribution in [1.82, 2.24) is 14.8 Å². The van der Waals surface area contributed by atoms with Gasteiger partial charge in [-0.2, -0.15) is 0 Å². The Morgan fingerprint density at radius 3 is 2.50 bits per heavy atom. The van der Waals surface area contributed by atoms with Crippen LogP contribution in [0.25, 0.3) is 0 Å². The first-order valence-electron chi connectivity index (χ1n) is 6.64. The molecule has 0 bridgehead atoms. The highest BCUT2D eigenvalue weighted by Gasteiger charge is 2.01. The average molecular weight is 250 g/mol. The fourth-order valence-corrected chi connectivity index (χ4v) is 1.85. The largest absolute Gasteiger partial charge is 0.370 e. The van der Waals surface area contributed by atoms with Crippen molar-refractivity contribution >= 4 is 5.82 Å². The summed E-state index contributed by atoms with van der Waals surface area (Å²) in [6.45, 7) is 6.22. The van der Waals surface area contributed by atoms with Crippen LogP contribution in [0, 0.1) is 0 Å². The zero-order valence-electron chi connectivity index (χ0n) is 12.1. The Kier molecular flexibility index (Phi) is 6.68. The lowest BCUT2D eigenvalue weighted by atomic mass is 10.2. The first kappa shape index (κ1) is 14.9. The Balaban J connectivity index is 2.32. The second-order valence-corrected chi connectivity index (χ2v) is 4.98. The number of aromatic nitrogens is 1. The van der Waals surface area contributed by atoms with E-state index >= 15 is 0 Å². The molecule has 1 N–H and O–H groups in total. The van der Waals surface area contributed by atoms with Crippen LogP contribution < -0.4 is 5.32 Å². The van der Waals surface area contributed by atoms with Gasteiger partial charge in [0.15, 0.2) is 0 Å². The molecule has 0 aliphatic heterocycles. The van der Waals surface area contributed by atoms with Crippen LogP contribution in [0.15, 0.2) is 18.3 Å². The third-order valence-electron chi connectivity index (χ3n) is 2.78. The maximum atomic E-state index is 4.38. The smallest absolute Gasteiger partial charge is 0.125 e.